The van der Waals surface area contributed by atoms with Crippen molar-refractivity contribution < 1.29 is 14.7 Å². The highest BCUT2D eigenvalue weighted by Crippen LogP contribution is 2.25. The summed E-state index contributed by atoms with van der Waals surface area (Å²) >= 11 is 13.6. The summed E-state index contributed by atoms with van der Waals surface area (Å²) in [5.74, 6) is -1.80. The number of nitrogens with one attached hydrogen (secondary N) is 1. The number of aliphatic carboxylic acids is 1. The minimum atomic E-state index is -1.16. The van der Waals surface area contributed by atoms with Gasteiger partial charge in [-0.2, -0.15) is 0 Å². The Kier molecular flexibility index (Phi) is 6.18. The van der Waals surface area contributed by atoms with Crippen molar-refractivity contribution in [2.45, 2.75) is 12.5 Å². The first-order chi connectivity index (χ1) is 14.9. The maximum absolute atomic E-state index is 12.6. The van der Waals surface area contributed by atoms with E-state index in [4.69, 9.17) is 23.2 Å². The molecule has 1 atom stereocenters. The molecule has 156 valence electrons. The predicted octanol–water partition coefficient (Wildman–Crippen LogP) is 5.09. The van der Waals surface area contributed by atoms with E-state index in [9.17, 15) is 14.7 Å². The lowest BCUT2D eigenvalue weighted by Crippen LogP contribution is -2.42. The van der Waals surface area contributed by atoms with E-state index in [0.717, 1.165) is 27.2 Å². The van der Waals surface area contributed by atoms with Crippen LogP contribution in [0, 0.1) is 0 Å². The molecule has 0 fully saturated rings. The van der Waals surface area contributed by atoms with E-state index < -0.39 is 17.9 Å². The van der Waals surface area contributed by atoms with Gasteiger partial charge < -0.3 is 10.4 Å². The number of nitrogens with zero attached hydrogens (tertiary/aromatic N) is 2. The molecule has 6 nitrogen and oxygen atoms in total. The van der Waals surface area contributed by atoms with Crippen LogP contribution in [0.3, 0.4) is 0 Å². The lowest BCUT2D eigenvalue weighted by atomic mass is 10.0. The zero-order valence-corrected chi connectivity index (χ0v) is 18.2. The van der Waals surface area contributed by atoms with Crippen LogP contribution in [-0.2, 0) is 11.2 Å². The highest BCUT2D eigenvalue weighted by molar-refractivity contribution is 7.13. The molecule has 1 unspecified atom stereocenters. The Labute approximate surface area is 191 Å². The molecule has 2 aromatic carbocycles. The molecule has 0 saturated heterocycles. The largest absolute Gasteiger partial charge is 0.480 e. The summed E-state index contributed by atoms with van der Waals surface area (Å²) in [7, 11) is 0. The highest BCUT2D eigenvalue weighted by Gasteiger charge is 2.24. The summed E-state index contributed by atoms with van der Waals surface area (Å²) in [5, 5.41) is 16.0. The number of benzene rings is 2. The van der Waals surface area contributed by atoms with Crippen LogP contribution in [0.1, 0.15) is 15.9 Å². The van der Waals surface area contributed by atoms with Gasteiger partial charge in [-0.05, 0) is 35.9 Å². The predicted molar refractivity (Wildman–Crippen MR) is 122 cm³/mol. The second kappa shape index (κ2) is 9.01. The number of carboxylic acids is 1. The molecule has 0 bridgehead atoms. The number of amides is 1. The Balaban J connectivity index is 1.56. The fourth-order valence-corrected chi connectivity index (χ4v) is 4.33. The van der Waals surface area contributed by atoms with E-state index in [-0.39, 0.29) is 22.0 Å². The zero-order valence-electron chi connectivity index (χ0n) is 15.9. The van der Waals surface area contributed by atoms with Crippen LogP contribution < -0.4 is 5.32 Å². The quantitative estimate of drug-likeness (QED) is 0.408. The van der Waals surface area contributed by atoms with Gasteiger partial charge in [-0.15, -0.1) is 11.3 Å². The van der Waals surface area contributed by atoms with Crippen LogP contribution in [-0.4, -0.2) is 33.0 Å². The fourth-order valence-electron chi connectivity index (χ4n) is 3.15. The number of halogens is 2. The number of carbonyl (C=O) groups is 2. The number of fused-ring (bicyclic) bond motifs is 1. The molecule has 2 heterocycles. The van der Waals surface area contributed by atoms with Crippen LogP contribution in [0.2, 0.25) is 10.0 Å². The van der Waals surface area contributed by atoms with E-state index >= 15 is 0 Å². The highest BCUT2D eigenvalue weighted by atomic mass is 35.5. The number of aromatic nitrogens is 2. The van der Waals surface area contributed by atoms with Crippen LogP contribution in [0.5, 0.6) is 0 Å². The molecule has 1 amide bonds. The summed E-state index contributed by atoms with van der Waals surface area (Å²) in [6, 6.07) is 12.8. The molecular formula is C22H15Cl2N3O3S. The number of carbonyl (C=O) groups excluding carboxylic acids is 1. The first-order valence-electron chi connectivity index (χ1n) is 9.19. The van der Waals surface area contributed by atoms with Gasteiger partial charge in [-0.1, -0.05) is 41.4 Å². The molecule has 2 aromatic heterocycles. The second-order valence-electron chi connectivity index (χ2n) is 6.73. The van der Waals surface area contributed by atoms with Crippen LogP contribution in [0.25, 0.3) is 21.6 Å². The summed E-state index contributed by atoms with van der Waals surface area (Å²) in [5.41, 5.74) is 2.35. The van der Waals surface area contributed by atoms with Gasteiger partial charge in [0.15, 0.2) is 0 Å². The summed E-state index contributed by atoms with van der Waals surface area (Å²) < 4.78 is 0. The van der Waals surface area contributed by atoms with Crippen LogP contribution in [0.15, 0.2) is 60.1 Å². The van der Waals surface area contributed by atoms with E-state index in [1.54, 1.807) is 18.3 Å². The number of hydrogen-bond donors (Lipinski definition) is 2. The summed E-state index contributed by atoms with van der Waals surface area (Å²) in [6.07, 6.45) is 1.82. The van der Waals surface area contributed by atoms with Crippen molar-refractivity contribution in [1.82, 2.24) is 15.3 Å². The molecule has 0 spiro atoms. The Morgan fingerprint density at radius 1 is 1.10 bits per heavy atom. The topological polar surface area (TPSA) is 92.2 Å². The second-order valence-corrected chi connectivity index (χ2v) is 8.43. The van der Waals surface area contributed by atoms with Gasteiger partial charge in [0, 0.05) is 23.4 Å². The Bertz CT molecular complexity index is 1260. The fraction of sp³-hybridized carbons (Fsp3) is 0.0909. The van der Waals surface area contributed by atoms with Gasteiger partial charge >= 0.3 is 5.97 Å². The van der Waals surface area contributed by atoms with Crippen LogP contribution in [0.4, 0.5) is 0 Å². The third kappa shape index (κ3) is 4.69. The molecule has 9 heteroatoms. The first-order valence-corrected chi connectivity index (χ1v) is 10.8. The van der Waals surface area contributed by atoms with Gasteiger partial charge in [-0.3, -0.25) is 4.79 Å². The molecule has 0 aliphatic rings. The molecule has 0 aliphatic heterocycles. The van der Waals surface area contributed by atoms with Crippen molar-refractivity contribution in [3.63, 3.8) is 0 Å². The van der Waals surface area contributed by atoms with E-state index in [1.165, 1.54) is 23.5 Å². The molecule has 31 heavy (non-hydrogen) atoms. The SMILES string of the molecule is O=C(NC(Cc1ccc2nc(-c3nccs3)ccc2c1)C(=O)O)c1c(Cl)cccc1Cl. The van der Waals surface area contributed by atoms with Gasteiger partial charge in [0.2, 0.25) is 0 Å². The molecule has 4 aromatic rings. The molecule has 2 N–H and O–H groups in total. The number of carboxylic acid groups (broad SMARTS) is 1. The number of rotatable bonds is 6. The van der Waals surface area contributed by atoms with Gasteiger partial charge in [0.05, 0.1) is 26.8 Å². The summed E-state index contributed by atoms with van der Waals surface area (Å²) in [6.45, 7) is 0. The standard InChI is InChI=1S/C22H15Cl2N3O3S/c23-14-2-1-3-15(24)19(14)20(28)27-18(22(29)30)11-12-4-6-16-13(10-12)5-7-17(26-16)21-25-8-9-31-21/h1-10,18H,11H2,(H,27,28)(H,29,30). The number of pyridine rings is 1. The monoisotopic (exact) mass is 471 g/mol. The average molecular weight is 472 g/mol. The lowest BCUT2D eigenvalue weighted by molar-refractivity contribution is -0.139. The molecule has 4 rings (SSSR count). The third-order valence-corrected chi connectivity index (χ3v) is 6.06. The number of thiazole rings is 1. The van der Waals surface area contributed by atoms with Crippen molar-refractivity contribution in [3.05, 3.63) is 81.3 Å². The smallest absolute Gasteiger partial charge is 0.326 e. The Morgan fingerprint density at radius 3 is 2.55 bits per heavy atom. The van der Waals surface area contributed by atoms with Crippen molar-refractivity contribution in [2.75, 3.05) is 0 Å². The zero-order chi connectivity index (χ0) is 22.0. The molecule has 0 aliphatic carbocycles. The van der Waals surface area contributed by atoms with E-state index in [0.29, 0.717) is 0 Å². The first kappa shape index (κ1) is 21.2. The van der Waals surface area contributed by atoms with E-state index in [1.807, 2.05) is 29.6 Å². The van der Waals surface area contributed by atoms with Gasteiger partial charge in [0.1, 0.15) is 11.0 Å². The average Bonchev–Trinajstić information content (AvgIpc) is 3.27. The summed E-state index contributed by atoms with van der Waals surface area (Å²) in [4.78, 5) is 33.3. The minimum Gasteiger partial charge on any atom is -0.480 e. The maximum Gasteiger partial charge on any atom is 0.326 e. The Morgan fingerprint density at radius 2 is 1.87 bits per heavy atom. The molecule has 0 saturated carbocycles. The van der Waals surface area contributed by atoms with E-state index in [2.05, 4.69) is 15.3 Å². The Hall–Kier alpha value is -3.00. The molecular weight excluding hydrogens is 457 g/mol. The van der Waals surface area contributed by atoms with Crippen molar-refractivity contribution >= 4 is 57.3 Å². The normalized spacial score (nSPS) is 11.9. The number of hydrogen-bond acceptors (Lipinski definition) is 5. The van der Waals surface area contributed by atoms with Crippen molar-refractivity contribution in [3.8, 4) is 10.7 Å². The molecule has 0 radical (unpaired) electrons. The lowest BCUT2D eigenvalue weighted by Gasteiger charge is -2.16. The minimum absolute atomic E-state index is 0.0505. The van der Waals surface area contributed by atoms with Gasteiger partial charge in [-0.25, -0.2) is 14.8 Å². The van der Waals surface area contributed by atoms with Gasteiger partial charge in [0.25, 0.3) is 5.91 Å². The van der Waals surface area contributed by atoms with Crippen LogP contribution >= 0.6 is 34.5 Å². The van der Waals surface area contributed by atoms with Crippen molar-refractivity contribution in [1.29, 1.82) is 0 Å². The maximum atomic E-state index is 12.6. The third-order valence-electron chi connectivity index (χ3n) is 4.64. The van der Waals surface area contributed by atoms with Crippen molar-refractivity contribution in [2.24, 2.45) is 0 Å².